The van der Waals surface area contributed by atoms with E-state index < -0.39 is 0 Å². The number of H-pyrrole nitrogens is 2. The van der Waals surface area contributed by atoms with Crippen molar-refractivity contribution in [3.63, 3.8) is 0 Å². The number of rotatable bonds is 3. The van der Waals surface area contributed by atoms with Crippen LogP contribution in [0.4, 0.5) is 0 Å². The van der Waals surface area contributed by atoms with E-state index in [4.69, 9.17) is 4.98 Å². The summed E-state index contributed by atoms with van der Waals surface area (Å²) in [5.41, 5.74) is 8.31. The second-order valence-corrected chi connectivity index (χ2v) is 7.07. The maximum absolute atomic E-state index is 4.85. The first-order valence-electron chi connectivity index (χ1n) is 9.66. The van der Waals surface area contributed by atoms with Gasteiger partial charge < -0.3 is 4.98 Å². The predicted octanol–water partition coefficient (Wildman–Crippen LogP) is 5.23. The lowest BCUT2D eigenvalue weighted by molar-refractivity contribution is 1.12. The zero-order chi connectivity index (χ0) is 19.9. The topological polar surface area (TPSA) is 83.1 Å². The van der Waals surface area contributed by atoms with Gasteiger partial charge in [0.15, 0.2) is 0 Å². The Morgan fingerprint density at radius 2 is 1.77 bits per heavy atom. The third-order valence-electron chi connectivity index (χ3n) is 5.23. The van der Waals surface area contributed by atoms with Crippen molar-refractivity contribution in [2.24, 2.45) is 0 Å². The molecule has 0 aliphatic heterocycles. The van der Waals surface area contributed by atoms with Crippen molar-refractivity contribution < 1.29 is 0 Å². The van der Waals surface area contributed by atoms with E-state index in [1.807, 2.05) is 48.7 Å². The van der Waals surface area contributed by atoms with Gasteiger partial charge in [-0.15, -0.1) is 0 Å². The Balaban J connectivity index is 1.52. The van der Waals surface area contributed by atoms with E-state index in [2.05, 4.69) is 49.4 Å². The summed E-state index contributed by atoms with van der Waals surface area (Å²) in [6.45, 7) is 0. The summed E-state index contributed by atoms with van der Waals surface area (Å²) in [6.07, 6.45) is 5.44. The zero-order valence-corrected chi connectivity index (χ0v) is 15.9. The number of hydrogen-bond acceptors (Lipinski definition) is 4. The number of hydrogen-bond donors (Lipinski definition) is 2. The number of nitrogens with one attached hydrogen (secondary N) is 2. The summed E-state index contributed by atoms with van der Waals surface area (Å²) in [6, 6.07) is 22.1. The van der Waals surface area contributed by atoms with Gasteiger partial charge in [0.1, 0.15) is 11.2 Å². The average Bonchev–Trinajstić information content (AvgIpc) is 3.43. The van der Waals surface area contributed by atoms with E-state index in [9.17, 15) is 0 Å². The molecule has 6 heteroatoms. The smallest absolute Gasteiger partial charge is 0.135 e. The number of nitrogens with zero attached hydrogens (tertiary/aromatic N) is 4. The maximum atomic E-state index is 4.85. The second kappa shape index (κ2) is 6.63. The summed E-state index contributed by atoms with van der Waals surface area (Å²) in [7, 11) is 0. The number of fused-ring (bicyclic) bond motifs is 2. The van der Waals surface area contributed by atoms with Crippen molar-refractivity contribution >= 4 is 21.9 Å². The minimum absolute atomic E-state index is 0.788. The first kappa shape index (κ1) is 16.6. The molecule has 0 bridgehead atoms. The van der Waals surface area contributed by atoms with Crippen LogP contribution < -0.4 is 0 Å². The number of aromatic nitrogens is 6. The van der Waals surface area contributed by atoms with Crippen LogP contribution in [0.1, 0.15) is 0 Å². The molecule has 6 nitrogen and oxygen atoms in total. The minimum atomic E-state index is 0.788. The third kappa shape index (κ3) is 2.66. The van der Waals surface area contributed by atoms with E-state index in [1.165, 1.54) is 0 Å². The summed E-state index contributed by atoms with van der Waals surface area (Å²) >= 11 is 0. The molecule has 0 aliphatic rings. The molecule has 0 amide bonds. The molecular formula is C24H16N6. The van der Waals surface area contributed by atoms with Crippen LogP contribution in [0.5, 0.6) is 0 Å². The van der Waals surface area contributed by atoms with E-state index in [-0.39, 0.29) is 0 Å². The average molecular weight is 388 g/mol. The number of pyridine rings is 3. The molecule has 5 aromatic heterocycles. The molecule has 30 heavy (non-hydrogen) atoms. The van der Waals surface area contributed by atoms with Crippen LogP contribution in [0.15, 0.2) is 85.3 Å². The van der Waals surface area contributed by atoms with Crippen molar-refractivity contribution in [2.45, 2.75) is 0 Å². The molecular weight excluding hydrogens is 372 g/mol. The number of benzene rings is 1. The van der Waals surface area contributed by atoms with Gasteiger partial charge in [-0.05, 0) is 48.0 Å². The molecule has 0 aliphatic carbocycles. The Labute approximate surface area is 171 Å². The van der Waals surface area contributed by atoms with Gasteiger partial charge in [0.2, 0.25) is 0 Å². The fraction of sp³-hybridized carbons (Fsp3) is 0. The van der Waals surface area contributed by atoms with E-state index in [0.29, 0.717) is 0 Å². The molecule has 142 valence electrons. The fourth-order valence-corrected chi connectivity index (χ4v) is 3.80. The lowest BCUT2D eigenvalue weighted by Crippen LogP contribution is -1.87. The molecule has 6 aromatic rings. The third-order valence-corrected chi connectivity index (χ3v) is 5.23. The highest BCUT2D eigenvalue weighted by atomic mass is 15.1. The van der Waals surface area contributed by atoms with Crippen LogP contribution in [0.25, 0.3) is 55.8 Å². The summed E-state index contributed by atoms with van der Waals surface area (Å²) in [5.74, 6) is 0. The van der Waals surface area contributed by atoms with E-state index >= 15 is 0 Å². The Morgan fingerprint density at radius 1 is 0.767 bits per heavy atom. The molecule has 0 spiro atoms. The monoisotopic (exact) mass is 388 g/mol. The first-order valence-corrected chi connectivity index (χ1v) is 9.66. The molecule has 1 aromatic carbocycles. The van der Waals surface area contributed by atoms with Crippen LogP contribution in [0, 0.1) is 0 Å². The Bertz CT molecular complexity index is 1480. The molecule has 2 N–H and O–H groups in total. The van der Waals surface area contributed by atoms with Crippen molar-refractivity contribution in [1.29, 1.82) is 0 Å². The molecule has 0 saturated heterocycles. The van der Waals surface area contributed by atoms with Gasteiger partial charge in [0.05, 0.1) is 22.6 Å². The molecule has 0 unspecified atom stereocenters. The van der Waals surface area contributed by atoms with Gasteiger partial charge in [-0.2, -0.15) is 5.10 Å². The Kier molecular flexibility index (Phi) is 3.67. The molecule has 6 rings (SSSR count). The van der Waals surface area contributed by atoms with Gasteiger partial charge in [-0.1, -0.05) is 24.3 Å². The molecule has 0 saturated carbocycles. The Morgan fingerprint density at radius 3 is 2.63 bits per heavy atom. The standard InChI is InChI=1S/C24H16N6/c1-2-12-26-19(7-1)20-9-10-21-23(28-20)24(30-29-21)22-13-17-16(6-3-8-18(17)27-22)15-5-4-11-25-14-15/h1-14,27H,(H,29,30). The van der Waals surface area contributed by atoms with Crippen LogP contribution in [0.2, 0.25) is 0 Å². The summed E-state index contributed by atoms with van der Waals surface area (Å²) < 4.78 is 0. The van der Waals surface area contributed by atoms with Crippen molar-refractivity contribution in [1.82, 2.24) is 30.1 Å². The number of aromatic amines is 2. The largest absolute Gasteiger partial charge is 0.353 e. The van der Waals surface area contributed by atoms with Gasteiger partial charge in [-0.25, -0.2) is 4.98 Å². The molecule has 0 radical (unpaired) electrons. The van der Waals surface area contributed by atoms with Gasteiger partial charge >= 0.3 is 0 Å². The minimum Gasteiger partial charge on any atom is -0.353 e. The summed E-state index contributed by atoms with van der Waals surface area (Å²) in [5, 5.41) is 8.76. The zero-order valence-electron chi connectivity index (χ0n) is 15.9. The van der Waals surface area contributed by atoms with Crippen molar-refractivity contribution in [3.05, 3.63) is 85.3 Å². The molecule has 0 atom stereocenters. The van der Waals surface area contributed by atoms with Gasteiger partial charge in [-0.3, -0.25) is 15.1 Å². The SMILES string of the molecule is c1ccc(-c2ccc3[nH]nc(-c4cc5c(-c6cccnc6)cccc5[nH]4)c3n2)nc1. The highest BCUT2D eigenvalue weighted by Gasteiger charge is 2.15. The lowest BCUT2D eigenvalue weighted by Gasteiger charge is -2.02. The van der Waals surface area contributed by atoms with E-state index in [0.717, 1.165) is 55.8 Å². The van der Waals surface area contributed by atoms with Gasteiger partial charge in [0, 0.05) is 35.1 Å². The van der Waals surface area contributed by atoms with Crippen molar-refractivity contribution in [2.75, 3.05) is 0 Å². The highest BCUT2D eigenvalue weighted by molar-refractivity contribution is 6.00. The van der Waals surface area contributed by atoms with Crippen LogP contribution in [-0.4, -0.2) is 30.1 Å². The van der Waals surface area contributed by atoms with E-state index in [1.54, 1.807) is 12.4 Å². The van der Waals surface area contributed by atoms with Crippen molar-refractivity contribution in [3.8, 4) is 33.9 Å². The summed E-state index contributed by atoms with van der Waals surface area (Å²) in [4.78, 5) is 17.0. The molecule has 5 heterocycles. The fourth-order valence-electron chi connectivity index (χ4n) is 3.80. The maximum Gasteiger partial charge on any atom is 0.135 e. The first-order chi connectivity index (χ1) is 14.9. The Hall–Kier alpha value is -4.32. The van der Waals surface area contributed by atoms with Crippen LogP contribution in [0.3, 0.4) is 0 Å². The quantitative estimate of drug-likeness (QED) is 0.435. The highest BCUT2D eigenvalue weighted by Crippen LogP contribution is 2.33. The van der Waals surface area contributed by atoms with Crippen LogP contribution >= 0.6 is 0 Å². The predicted molar refractivity (Wildman–Crippen MR) is 118 cm³/mol. The second-order valence-electron chi connectivity index (χ2n) is 7.07. The lowest BCUT2D eigenvalue weighted by atomic mass is 10.0. The van der Waals surface area contributed by atoms with Gasteiger partial charge in [0.25, 0.3) is 0 Å². The molecule has 0 fully saturated rings. The normalized spacial score (nSPS) is 11.3. The van der Waals surface area contributed by atoms with Crippen LogP contribution in [-0.2, 0) is 0 Å².